The van der Waals surface area contributed by atoms with Gasteiger partial charge in [0, 0.05) is 24.6 Å². The molecule has 1 aliphatic heterocycles. The number of amides is 1. The van der Waals surface area contributed by atoms with Crippen molar-refractivity contribution in [3.63, 3.8) is 0 Å². The predicted molar refractivity (Wildman–Crippen MR) is 66.0 cm³/mol. The fraction of sp³-hybridized carbons (Fsp3) is 0.462. The fourth-order valence-corrected chi connectivity index (χ4v) is 2.03. The van der Waals surface area contributed by atoms with Crippen LogP contribution in [0.5, 0.6) is 5.75 Å². The summed E-state index contributed by atoms with van der Waals surface area (Å²) in [5.74, 6) is 0.962. The molecule has 0 radical (unpaired) electrons. The number of likely N-dealkylation sites (N-methyl/N-ethyl adjacent to an activating group) is 1. The lowest BCUT2D eigenvalue weighted by Crippen LogP contribution is -2.37. The molecule has 4 nitrogen and oxygen atoms in total. The zero-order valence-electron chi connectivity index (χ0n) is 10.0. The number of carbonyl (C=O) groups excluding carboxylic acids is 1. The predicted octanol–water partition coefficient (Wildman–Crippen LogP) is 1.24. The van der Waals surface area contributed by atoms with Crippen molar-refractivity contribution in [3.05, 3.63) is 29.8 Å². The summed E-state index contributed by atoms with van der Waals surface area (Å²) in [6.07, 6.45) is 0.899. The largest absolute Gasteiger partial charge is 0.493 e. The van der Waals surface area contributed by atoms with Crippen LogP contribution in [0.1, 0.15) is 24.9 Å². The van der Waals surface area contributed by atoms with Crippen LogP contribution in [0, 0.1) is 0 Å². The van der Waals surface area contributed by atoms with Crippen LogP contribution >= 0.6 is 0 Å². The molecular weight excluding hydrogens is 216 g/mol. The molecule has 0 saturated carbocycles. The number of fused-ring (bicyclic) bond motifs is 1. The molecule has 1 aromatic carbocycles. The van der Waals surface area contributed by atoms with Gasteiger partial charge in [-0.1, -0.05) is 18.2 Å². The normalized spacial score (nSPS) is 18.1. The van der Waals surface area contributed by atoms with Crippen LogP contribution < -0.4 is 15.4 Å². The molecule has 0 aliphatic carbocycles. The molecular formula is C13H18N2O2. The molecule has 1 amide bonds. The van der Waals surface area contributed by atoms with E-state index in [1.165, 1.54) is 0 Å². The van der Waals surface area contributed by atoms with Crippen molar-refractivity contribution in [2.45, 2.75) is 19.4 Å². The Kier molecular flexibility index (Phi) is 3.98. The van der Waals surface area contributed by atoms with Crippen LogP contribution in [0.25, 0.3) is 0 Å². The Morgan fingerprint density at radius 3 is 3.12 bits per heavy atom. The van der Waals surface area contributed by atoms with E-state index in [0.717, 1.165) is 17.7 Å². The van der Waals surface area contributed by atoms with Crippen LogP contribution in [0.4, 0.5) is 0 Å². The Morgan fingerprint density at radius 2 is 2.29 bits per heavy atom. The van der Waals surface area contributed by atoms with Gasteiger partial charge in [-0.05, 0) is 13.0 Å². The molecule has 2 N–H and O–H groups in total. The van der Waals surface area contributed by atoms with Gasteiger partial charge in [-0.25, -0.2) is 0 Å². The highest BCUT2D eigenvalue weighted by Crippen LogP contribution is 2.31. The number of hydrogen-bond acceptors (Lipinski definition) is 3. The van der Waals surface area contributed by atoms with Crippen LogP contribution in [0.3, 0.4) is 0 Å². The summed E-state index contributed by atoms with van der Waals surface area (Å²) in [6, 6.07) is 8.18. The van der Waals surface area contributed by atoms with E-state index in [1.54, 1.807) is 0 Å². The summed E-state index contributed by atoms with van der Waals surface area (Å²) in [5.41, 5.74) is 1.14. The molecule has 0 aromatic heterocycles. The van der Waals surface area contributed by atoms with Gasteiger partial charge in [-0.2, -0.15) is 0 Å². The molecule has 0 fully saturated rings. The second-order valence-electron chi connectivity index (χ2n) is 4.06. The molecule has 4 heteroatoms. The molecule has 0 bridgehead atoms. The highest BCUT2D eigenvalue weighted by atomic mass is 16.5. The first-order valence-corrected chi connectivity index (χ1v) is 6.03. The number of ether oxygens (including phenoxy) is 1. The topological polar surface area (TPSA) is 50.4 Å². The van der Waals surface area contributed by atoms with E-state index in [9.17, 15) is 4.79 Å². The minimum absolute atomic E-state index is 0.0384. The maximum absolute atomic E-state index is 11.4. The smallest absolute Gasteiger partial charge is 0.233 e. The number of hydrogen-bond donors (Lipinski definition) is 2. The zero-order valence-corrected chi connectivity index (χ0v) is 10.0. The summed E-state index contributed by atoms with van der Waals surface area (Å²) in [5, 5.41) is 6.05. The minimum Gasteiger partial charge on any atom is -0.493 e. The third-order valence-electron chi connectivity index (χ3n) is 2.84. The standard InChI is InChI=1S/C13H18N2O2/c1-2-14-13(16)9-15-11-7-8-17-12-6-4-3-5-10(11)12/h3-6,11,15H,2,7-9H2,1H3,(H,14,16). The fourth-order valence-electron chi connectivity index (χ4n) is 2.03. The Hall–Kier alpha value is -1.55. The van der Waals surface area contributed by atoms with Gasteiger partial charge in [-0.15, -0.1) is 0 Å². The number of rotatable bonds is 4. The zero-order chi connectivity index (χ0) is 12.1. The van der Waals surface area contributed by atoms with E-state index in [0.29, 0.717) is 19.7 Å². The average molecular weight is 234 g/mol. The Morgan fingerprint density at radius 1 is 1.47 bits per heavy atom. The Balaban J connectivity index is 1.97. The summed E-state index contributed by atoms with van der Waals surface area (Å²) in [4.78, 5) is 11.4. The van der Waals surface area contributed by atoms with E-state index in [-0.39, 0.29) is 11.9 Å². The number of benzene rings is 1. The number of nitrogens with one attached hydrogen (secondary N) is 2. The summed E-state index contributed by atoms with van der Waals surface area (Å²) in [6.45, 7) is 3.64. The van der Waals surface area contributed by atoms with Crippen LogP contribution in [-0.4, -0.2) is 25.6 Å². The molecule has 1 aromatic rings. The van der Waals surface area contributed by atoms with Gasteiger partial charge < -0.3 is 15.4 Å². The summed E-state index contributed by atoms with van der Waals surface area (Å²) in [7, 11) is 0. The second kappa shape index (κ2) is 5.68. The van der Waals surface area contributed by atoms with Crippen molar-refractivity contribution in [1.82, 2.24) is 10.6 Å². The van der Waals surface area contributed by atoms with Crippen molar-refractivity contribution in [3.8, 4) is 5.75 Å². The first-order valence-electron chi connectivity index (χ1n) is 6.03. The molecule has 1 unspecified atom stereocenters. The van der Waals surface area contributed by atoms with Crippen molar-refractivity contribution < 1.29 is 9.53 Å². The first kappa shape index (κ1) is 11.9. The monoisotopic (exact) mass is 234 g/mol. The van der Waals surface area contributed by atoms with E-state index in [4.69, 9.17) is 4.74 Å². The van der Waals surface area contributed by atoms with Crippen LogP contribution in [-0.2, 0) is 4.79 Å². The molecule has 0 saturated heterocycles. The van der Waals surface area contributed by atoms with Gasteiger partial charge in [0.2, 0.25) is 5.91 Å². The molecule has 1 atom stereocenters. The van der Waals surface area contributed by atoms with Gasteiger partial charge >= 0.3 is 0 Å². The highest BCUT2D eigenvalue weighted by Gasteiger charge is 2.20. The van der Waals surface area contributed by atoms with Gasteiger partial charge in [0.15, 0.2) is 0 Å². The molecule has 92 valence electrons. The molecule has 17 heavy (non-hydrogen) atoms. The third-order valence-corrected chi connectivity index (χ3v) is 2.84. The maximum atomic E-state index is 11.4. The van der Waals surface area contributed by atoms with Gasteiger partial charge in [0.1, 0.15) is 5.75 Å². The van der Waals surface area contributed by atoms with Crippen molar-refractivity contribution >= 4 is 5.91 Å². The minimum atomic E-state index is 0.0384. The van der Waals surface area contributed by atoms with Gasteiger partial charge in [-0.3, -0.25) is 4.79 Å². The lowest BCUT2D eigenvalue weighted by Gasteiger charge is -2.26. The van der Waals surface area contributed by atoms with Gasteiger partial charge in [0.05, 0.1) is 13.2 Å². The maximum Gasteiger partial charge on any atom is 0.233 e. The van der Waals surface area contributed by atoms with Crippen LogP contribution in [0.2, 0.25) is 0 Å². The van der Waals surface area contributed by atoms with Crippen molar-refractivity contribution in [2.75, 3.05) is 19.7 Å². The summed E-state index contributed by atoms with van der Waals surface area (Å²) >= 11 is 0. The average Bonchev–Trinajstić information content (AvgIpc) is 2.36. The first-order chi connectivity index (χ1) is 8.31. The quantitative estimate of drug-likeness (QED) is 0.824. The van der Waals surface area contributed by atoms with Crippen molar-refractivity contribution in [2.24, 2.45) is 0 Å². The second-order valence-corrected chi connectivity index (χ2v) is 4.06. The Bertz CT molecular complexity index is 393. The lowest BCUT2D eigenvalue weighted by molar-refractivity contribution is -0.120. The molecule has 0 spiro atoms. The van der Waals surface area contributed by atoms with E-state index in [2.05, 4.69) is 10.6 Å². The molecule has 1 heterocycles. The van der Waals surface area contributed by atoms with E-state index in [1.807, 2.05) is 31.2 Å². The summed E-state index contributed by atoms with van der Waals surface area (Å²) < 4.78 is 5.57. The molecule has 2 rings (SSSR count). The van der Waals surface area contributed by atoms with E-state index < -0.39 is 0 Å². The van der Waals surface area contributed by atoms with Crippen molar-refractivity contribution in [1.29, 1.82) is 0 Å². The van der Waals surface area contributed by atoms with Crippen LogP contribution in [0.15, 0.2) is 24.3 Å². The SMILES string of the molecule is CCNC(=O)CNC1CCOc2ccccc21. The molecule has 1 aliphatic rings. The Labute approximate surface area is 101 Å². The highest BCUT2D eigenvalue weighted by molar-refractivity contribution is 5.77. The lowest BCUT2D eigenvalue weighted by atomic mass is 10.0. The van der Waals surface area contributed by atoms with Gasteiger partial charge in [0.25, 0.3) is 0 Å². The van der Waals surface area contributed by atoms with E-state index >= 15 is 0 Å². The number of para-hydroxylation sites is 1. The third kappa shape index (κ3) is 2.97. The number of carbonyl (C=O) groups is 1.